The molecule has 0 aliphatic carbocycles. The molecule has 1 aliphatic heterocycles. The average Bonchev–Trinajstić information content (AvgIpc) is 2.83. The van der Waals surface area contributed by atoms with Crippen LogP contribution in [0.3, 0.4) is 0 Å². The van der Waals surface area contributed by atoms with E-state index in [0.29, 0.717) is 23.1 Å². The number of hydrogen-bond donors (Lipinski definition) is 2. The Morgan fingerprint density at radius 1 is 0.969 bits per heavy atom. The normalized spacial score (nSPS) is 15.0. The molecule has 2 aromatic carbocycles. The lowest BCUT2D eigenvalue weighted by Crippen LogP contribution is -2.30. The molecular weight excluding hydrogens is 402 g/mol. The van der Waals surface area contributed by atoms with Gasteiger partial charge >= 0.3 is 0 Å². The van der Waals surface area contributed by atoms with Gasteiger partial charge in [-0.05, 0) is 49.1 Å². The van der Waals surface area contributed by atoms with E-state index in [-0.39, 0.29) is 16.9 Å². The van der Waals surface area contributed by atoms with E-state index in [1.165, 1.54) is 25.5 Å². The molecule has 32 heavy (non-hydrogen) atoms. The second-order valence-electron chi connectivity index (χ2n) is 8.42. The van der Waals surface area contributed by atoms with Crippen LogP contribution in [0.4, 0.5) is 11.4 Å². The lowest BCUT2D eigenvalue weighted by atomic mass is 10.0. The summed E-state index contributed by atoms with van der Waals surface area (Å²) in [5.74, 6) is -0.469. The van der Waals surface area contributed by atoms with Crippen molar-refractivity contribution in [1.82, 2.24) is 4.98 Å². The summed E-state index contributed by atoms with van der Waals surface area (Å²) < 4.78 is 0. The van der Waals surface area contributed by atoms with Crippen molar-refractivity contribution in [3.05, 3.63) is 70.0 Å². The lowest BCUT2D eigenvalue weighted by Gasteiger charge is -2.25. The second-order valence-corrected chi connectivity index (χ2v) is 8.42. The fourth-order valence-corrected chi connectivity index (χ4v) is 4.38. The minimum Gasteiger partial charge on any atom is -0.360 e. The van der Waals surface area contributed by atoms with Gasteiger partial charge in [0, 0.05) is 41.9 Å². The molecule has 0 atom stereocenters. The van der Waals surface area contributed by atoms with Crippen LogP contribution in [-0.4, -0.2) is 23.3 Å². The molecule has 0 saturated heterocycles. The molecule has 0 spiro atoms. The van der Waals surface area contributed by atoms with Crippen molar-refractivity contribution in [2.24, 2.45) is 0 Å². The van der Waals surface area contributed by atoms with Gasteiger partial charge in [0.2, 0.25) is 11.3 Å². The van der Waals surface area contributed by atoms with Gasteiger partial charge < -0.3 is 15.2 Å². The number of carbonyl (C=O) groups is 2. The maximum absolute atomic E-state index is 12.9. The summed E-state index contributed by atoms with van der Waals surface area (Å²) in [7, 11) is 0. The molecule has 0 unspecified atom stereocenters. The quantitative estimate of drug-likeness (QED) is 0.597. The molecule has 0 fully saturated rings. The van der Waals surface area contributed by atoms with Crippen molar-refractivity contribution >= 4 is 34.1 Å². The zero-order chi connectivity index (χ0) is 22.5. The molecule has 2 amide bonds. The predicted octanol–water partition coefficient (Wildman–Crippen LogP) is 5.03. The first-order chi connectivity index (χ1) is 15.5. The van der Waals surface area contributed by atoms with E-state index in [4.69, 9.17) is 0 Å². The summed E-state index contributed by atoms with van der Waals surface area (Å²) in [5, 5.41) is 3.33. The largest absolute Gasteiger partial charge is 0.360 e. The van der Waals surface area contributed by atoms with Crippen molar-refractivity contribution < 1.29 is 9.59 Å². The summed E-state index contributed by atoms with van der Waals surface area (Å²) >= 11 is 0. The van der Waals surface area contributed by atoms with Gasteiger partial charge in [-0.25, -0.2) is 0 Å². The number of amides is 2. The van der Waals surface area contributed by atoms with Crippen molar-refractivity contribution in [3.63, 3.8) is 0 Å². The Labute approximate surface area is 187 Å². The Kier molecular flexibility index (Phi) is 6.69. The first-order valence-electron chi connectivity index (χ1n) is 11.4. The maximum Gasteiger partial charge on any atom is 0.261 e. The number of para-hydroxylation sites is 1. The topological polar surface area (TPSA) is 82.3 Å². The average molecular weight is 432 g/mol. The van der Waals surface area contributed by atoms with E-state index in [1.807, 2.05) is 29.2 Å². The van der Waals surface area contributed by atoms with E-state index in [2.05, 4.69) is 10.3 Å². The van der Waals surface area contributed by atoms with E-state index < -0.39 is 5.91 Å². The summed E-state index contributed by atoms with van der Waals surface area (Å²) in [6.45, 7) is 2.26. The van der Waals surface area contributed by atoms with Crippen LogP contribution >= 0.6 is 0 Å². The number of fused-ring (bicyclic) bond motifs is 2. The number of H-pyrrole nitrogens is 1. The smallest absolute Gasteiger partial charge is 0.261 e. The Bertz CT molecular complexity index is 1200. The third kappa shape index (κ3) is 4.74. The first kappa shape index (κ1) is 21.8. The molecule has 0 saturated carbocycles. The van der Waals surface area contributed by atoms with Crippen molar-refractivity contribution in [2.75, 3.05) is 16.8 Å². The third-order valence-corrected chi connectivity index (χ3v) is 6.12. The van der Waals surface area contributed by atoms with E-state index >= 15 is 0 Å². The van der Waals surface area contributed by atoms with Crippen LogP contribution in [0.2, 0.25) is 0 Å². The summed E-state index contributed by atoms with van der Waals surface area (Å²) in [4.78, 5) is 43.0. The first-order valence-corrected chi connectivity index (χ1v) is 11.4. The SMILES string of the molecule is CC(=O)N1CCCCCCCCc2ccc(NC(=O)c3c[nH]c4ccccc4c3=O)cc21. The number of aromatic nitrogens is 1. The molecule has 2 N–H and O–H groups in total. The minimum atomic E-state index is -0.469. The van der Waals surface area contributed by atoms with Gasteiger partial charge in [0.15, 0.2) is 0 Å². The zero-order valence-corrected chi connectivity index (χ0v) is 18.4. The highest BCUT2D eigenvalue weighted by Gasteiger charge is 2.18. The van der Waals surface area contributed by atoms with Crippen LogP contribution in [0, 0.1) is 0 Å². The standard InChI is InChI=1S/C26H29N3O3/c1-18(30)29-15-9-5-3-2-4-6-10-19-13-14-20(16-24(19)29)28-26(32)22-17-27-23-12-8-7-11-21(23)25(22)31/h7-8,11-14,16-17H,2-6,9-10,15H2,1H3,(H,27,31)(H,28,32). The molecule has 3 aromatic rings. The van der Waals surface area contributed by atoms with Gasteiger partial charge in [0.25, 0.3) is 5.91 Å². The van der Waals surface area contributed by atoms with Gasteiger partial charge in [-0.2, -0.15) is 0 Å². The van der Waals surface area contributed by atoms with E-state index in [1.54, 1.807) is 25.1 Å². The number of aromatic amines is 1. The number of nitrogens with zero attached hydrogens (tertiary/aromatic N) is 1. The van der Waals surface area contributed by atoms with Gasteiger partial charge in [0.05, 0.1) is 0 Å². The molecule has 4 rings (SSSR count). The van der Waals surface area contributed by atoms with Gasteiger partial charge in [0.1, 0.15) is 5.56 Å². The zero-order valence-electron chi connectivity index (χ0n) is 18.4. The van der Waals surface area contributed by atoms with Crippen LogP contribution < -0.4 is 15.6 Å². The second kappa shape index (κ2) is 9.81. The Hall–Kier alpha value is -3.41. The number of aryl methyl sites for hydroxylation is 1. The van der Waals surface area contributed by atoms with Crippen molar-refractivity contribution in [2.45, 2.75) is 51.9 Å². The molecule has 1 aromatic heterocycles. The molecule has 166 valence electrons. The van der Waals surface area contributed by atoms with Gasteiger partial charge in [-0.15, -0.1) is 0 Å². The molecule has 6 nitrogen and oxygen atoms in total. The van der Waals surface area contributed by atoms with Crippen LogP contribution in [0.1, 0.15) is 61.4 Å². The molecular formula is C26H29N3O3. The number of benzene rings is 2. The molecule has 0 radical (unpaired) electrons. The Morgan fingerprint density at radius 3 is 2.53 bits per heavy atom. The van der Waals surface area contributed by atoms with Gasteiger partial charge in [-0.1, -0.05) is 43.9 Å². The lowest BCUT2D eigenvalue weighted by molar-refractivity contribution is -0.116. The fourth-order valence-electron chi connectivity index (χ4n) is 4.38. The van der Waals surface area contributed by atoms with Crippen LogP contribution in [0.5, 0.6) is 0 Å². The van der Waals surface area contributed by atoms with E-state index in [9.17, 15) is 14.4 Å². The predicted molar refractivity (Wildman–Crippen MR) is 128 cm³/mol. The summed E-state index contributed by atoms with van der Waals surface area (Å²) in [5.41, 5.74) is 2.98. The number of pyridine rings is 1. The summed E-state index contributed by atoms with van der Waals surface area (Å²) in [6, 6.07) is 12.8. The molecule has 0 bridgehead atoms. The van der Waals surface area contributed by atoms with E-state index in [0.717, 1.165) is 36.9 Å². The monoisotopic (exact) mass is 431 g/mol. The molecule has 6 heteroatoms. The maximum atomic E-state index is 12.9. The van der Waals surface area contributed by atoms with Crippen LogP contribution in [0.25, 0.3) is 10.9 Å². The number of anilines is 2. The highest BCUT2D eigenvalue weighted by Crippen LogP contribution is 2.28. The number of nitrogens with one attached hydrogen (secondary N) is 2. The Balaban J connectivity index is 1.64. The van der Waals surface area contributed by atoms with Crippen molar-refractivity contribution in [3.8, 4) is 0 Å². The molecule has 1 aliphatic rings. The van der Waals surface area contributed by atoms with Crippen molar-refractivity contribution in [1.29, 1.82) is 0 Å². The molecule has 2 heterocycles. The number of carbonyl (C=O) groups excluding carboxylic acids is 2. The number of rotatable bonds is 2. The van der Waals surface area contributed by atoms with Crippen LogP contribution in [0.15, 0.2) is 53.5 Å². The highest BCUT2D eigenvalue weighted by molar-refractivity contribution is 6.06. The number of hydrogen-bond acceptors (Lipinski definition) is 3. The van der Waals surface area contributed by atoms with Gasteiger partial charge in [-0.3, -0.25) is 14.4 Å². The minimum absolute atomic E-state index is 0.0000490. The third-order valence-electron chi connectivity index (χ3n) is 6.12. The Morgan fingerprint density at radius 2 is 1.72 bits per heavy atom. The summed E-state index contributed by atoms with van der Waals surface area (Å²) in [6.07, 6.45) is 9.11. The fraction of sp³-hybridized carbons (Fsp3) is 0.346. The van der Waals surface area contributed by atoms with Crippen LogP contribution in [-0.2, 0) is 11.2 Å². The highest BCUT2D eigenvalue weighted by atomic mass is 16.2.